The molecule has 0 radical (unpaired) electrons. The summed E-state index contributed by atoms with van der Waals surface area (Å²) in [6.45, 7) is 0. The summed E-state index contributed by atoms with van der Waals surface area (Å²) in [5, 5.41) is 14.6. The number of aromatic hydroxyl groups is 1. The maximum absolute atomic E-state index is 10.0. The van der Waals surface area contributed by atoms with Crippen LogP contribution in [0.4, 0.5) is 5.69 Å². The van der Waals surface area contributed by atoms with Crippen molar-refractivity contribution in [1.29, 1.82) is 0 Å². The fourth-order valence-corrected chi connectivity index (χ4v) is 2.91. The Bertz CT molecular complexity index is 614. The van der Waals surface area contributed by atoms with E-state index in [1.807, 2.05) is 7.05 Å². The number of aryl methyl sites for hydroxylation is 1. The second-order valence-electron chi connectivity index (χ2n) is 5.53. The molecule has 1 heterocycles. The first kappa shape index (κ1) is 13.0. The second-order valence-corrected chi connectivity index (χ2v) is 5.53. The zero-order chi connectivity index (χ0) is 14.1. The highest BCUT2D eigenvalue weighted by atomic mass is 16.3. The van der Waals surface area contributed by atoms with Crippen LogP contribution < -0.4 is 5.73 Å². The first-order valence-electron chi connectivity index (χ1n) is 7.15. The molecule has 1 aliphatic carbocycles. The van der Waals surface area contributed by atoms with Crippen LogP contribution in [-0.2, 0) is 7.05 Å². The van der Waals surface area contributed by atoms with Crippen LogP contribution in [-0.4, -0.2) is 19.9 Å². The van der Waals surface area contributed by atoms with E-state index in [2.05, 4.69) is 10.1 Å². The molecule has 0 unspecified atom stereocenters. The number of rotatable bonds is 2. The van der Waals surface area contributed by atoms with Crippen LogP contribution in [0.3, 0.4) is 0 Å². The number of nitrogen functional groups attached to an aromatic ring is 1. The van der Waals surface area contributed by atoms with Crippen molar-refractivity contribution >= 4 is 5.69 Å². The Kier molecular flexibility index (Phi) is 3.34. The van der Waals surface area contributed by atoms with Crippen molar-refractivity contribution < 1.29 is 5.11 Å². The van der Waals surface area contributed by atoms with Gasteiger partial charge >= 0.3 is 0 Å². The third-order valence-corrected chi connectivity index (χ3v) is 4.01. The number of hydrogen-bond donors (Lipinski definition) is 2. The minimum atomic E-state index is 0.149. The normalized spacial score (nSPS) is 16.4. The summed E-state index contributed by atoms with van der Waals surface area (Å²) in [7, 11) is 1.87. The highest BCUT2D eigenvalue weighted by molar-refractivity contribution is 5.67. The Balaban J connectivity index is 1.95. The smallest absolute Gasteiger partial charge is 0.161 e. The molecule has 2 aromatic rings. The van der Waals surface area contributed by atoms with Gasteiger partial charge in [0.25, 0.3) is 0 Å². The van der Waals surface area contributed by atoms with Gasteiger partial charge in [-0.25, -0.2) is 9.67 Å². The highest BCUT2D eigenvalue weighted by Crippen LogP contribution is 2.34. The van der Waals surface area contributed by atoms with E-state index in [1.54, 1.807) is 22.9 Å². The number of nitrogens with two attached hydrogens (primary N) is 1. The highest BCUT2D eigenvalue weighted by Gasteiger charge is 2.22. The minimum absolute atomic E-state index is 0.149. The molecular formula is C15H20N4O. The molecule has 5 heteroatoms. The third kappa shape index (κ3) is 2.35. The number of anilines is 1. The molecule has 3 N–H and O–H groups in total. The van der Waals surface area contributed by atoms with Gasteiger partial charge in [0.1, 0.15) is 5.75 Å². The summed E-state index contributed by atoms with van der Waals surface area (Å²) in [6.07, 6.45) is 6.15. The molecule has 0 saturated heterocycles. The van der Waals surface area contributed by atoms with Crippen molar-refractivity contribution in [2.45, 2.75) is 38.0 Å². The van der Waals surface area contributed by atoms with E-state index in [4.69, 9.17) is 5.73 Å². The minimum Gasteiger partial charge on any atom is -0.507 e. The van der Waals surface area contributed by atoms with Crippen molar-refractivity contribution in [1.82, 2.24) is 14.8 Å². The summed E-state index contributed by atoms with van der Waals surface area (Å²) in [5.41, 5.74) is 6.88. The van der Waals surface area contributed by atoms with E-state index in [0.29, 0.717) is 23.0 Å². The van der Waals surface area contributed by atoms with Gasteiger partial charge in [0, 0.05) is 24.7 Å². The number of phenols is 1. The first-order valence-corrected chi connectivity index (χ1v) is 7.15. The number of aromatic nitrogens is 3. The molecule has 3 rings (SSSR count). The SMILES string of the molecule is Cn1nc(C2CCCCC2)nc1-c1ccc(N)cc1O. The molecule has 1 aliphatic rings. The predicted molar refractivity (Wildman–Crippen MR) is 78.3 cm³/mol. The van der Waals surface area contributed by atoms with E-state index in [1.165, 1.54) is 19.3 Å². The largest absolute Gasteiger partial charge is 0.507 e. The Morgan fingerprint density at radius 3 is 2.70 bits per heavy atom. The molecule has 1 fully saturated rings. The Hall–Kier alpha value is -2.04. The Morgan fingerprint density at radius 1 is 1.25 bits per heavy atom. The average Bonchev–Trinajstić information content (AvgIpc) is 2.82. The van der Waals surface area contributed by atoms with E-state index >= 15 is 0 Å². The summed E-state index contributed by atoms with van der Waals surface area (Å²) in [5.74, 6) is 2.21. The molecule has 1 aromatic carbocycles. The lowest BCUT2D eigenvalue weighted by atomic mass is 9.89. The molecule has 1 aromatic heterocycles. The lowest BCUT2D eigenvalue weighted by Gasteiger charge is -2.18. The summed E-state index contributed by atoms with van der Waals surface area (Å²) in [6, 6.07) is 5.10. The van der Waals surface area contributed by atoms with E-state index < -0.39 is 0 Å². The molecule has 5 nitrogen and oxygen atoms in total. The fourth-order valence-electron chi connectivity index (χ4n) is 2.91. The van der Waals surface area contributed by atoms with Gasteiger partial charge in [-0.2, -0.15) is 5.10 Å². The van der Waals surface area contributed by atoms with E-state index in [-0.39, 0.29) is 5.75 Å². The van der Waals surface area contributed by atoms with Gasteiger partial charge in [0.05, 0.1) is 5.56 Å². The molecule has 1 saturated carbocycles. The van der Waals surface area contributed by atoms with Crippen LogP contribution in [0.2, 0.25) is 0 Å². The van der Waals surface area contributed by atoms with Crippen LogP contribution in [0.1, 0.15) is 43.8 Å². The van der Waals surface area contributed by atoms with Gasteiger partial charge in [-0.15, -0.1) is 0 Å². The molecule has 0 atom stereocenters. The maximum Gasteiger partial charge on any atom is 0.161 e. The third-order valence-electron chi connectivity index (χ3n) is 4.01. The van der Waals surface area contributed by atoms with Crippen LogP contribution in [0.25, 0.3) is 11.4 Å². The van der Waals surface area contributed by atoms with Crippen LogP contribution >= 0.6 is 0 Å². The standard InChI is InChI=1S/C15H20N4O/c1-19-15(12-8-7-11(16)9-13(12)20)17-14(18-19)10-5-3-2-4-6-10/h7-10,20H,2-6,16H2,1H3. The van der Waals surface area contributed by atoms with Gasteiger partial charge < -0.3 is 10.8 Å². The van der Waals surface area contributed by atoms with E-state index in [9.17, 15) is 5.11 Å². The summed E-state index contributed by atoms with van der Waals surface area (Å²) in [4.78, 5) is 4.65. The quantitative estimate of drug-likeness (QED) is 0.824. The maximum atomic E-state index is 10.0. The number of hydrogen-bond acceptors (Lipinski definition) is 4. The number of benzene rings is 1. The van der Waals surface area contributed by atoms with Crippen molar-refractivity contribution in [3.05, 3.63) is 24.0 Å². The lowest BCUT2D eigenvalue weighted by Crippen LogP contribution is -2.06. The Morgan fingerprint density at radius 2 is 2.00 bits per heavy atom. The molecule has 0 spiro atoms. The first-order chi connectivity index (χ1) is 9.65. The molecular weight excluding hydrogens is 252 g/mol. The summed E-state index contributed by atoms with van der Waals surface area (Å²) >= 11 is 0. The zero-order valence-electron chi connectivity index (χ0n) is 11.7. The second kappa shape index (κ2) is 5.15. The number of phenolic OH excluding ortho intramolecular Hbond substituents is 1. The monoisotopic (exact) mass is 272 g/mol. The van der Waals surface area contributed by atoms with Gasteiger partial charge in [-0.1, -0.05) is 19.3 Å². The molecule has 20 heavy (non-hydrogen) atoms. The zero-order valence-corrected chi connectivity index (χ0v) is 11.7. The van der Waals surface area contributed by atoms with Crippen molar-refractivity contribution in [3.8, 4) is 17.1 Å². The molecule has 0 amide bonds. The lowest BCUT2D eigenvalue weighted by molar-refractivity contribution is 0.427. The number of nitrogens with zero attached hydrogens (tertiary/aromatic N) is 3. The van der Waals surface area contributed by atoms with Gasteiger partial charge in [0.2, 0.25) is 0 Å². The molecule has 0 bridgehead atoms. The van der Waals surface area contributed by atoms with Crippen molar-refractivity contribution in [3.63, 3.8) is 0 Å². The molecule has 0 aliphatic heterocycles. The van der Waals surface area contributed by atoms with Gasteiger partial charge in [-0.05, 0) is 25.0 Å². The van der Waals surface area contributed by atoms with Gasteiger partial charge in [-0.3, -0.25) is 0 Å². The fraction of sp³-hybridized carbons (Fsp3) is 0.467. The predicted octanol–water partition coefficient (Wildman–Crippen LogP) is 2.82. The van der Waals surface area contributed by atoms with Crippen molar-refractivity contribution in [2.24, 2.45) is 7.05 Å². The van der Waals surface area contributed by atoms with E-state index in [0.717, 1.165) is 18.7 Å². The van der Waals surface area contributed by atoms with Crippen LogP contribution in [0, 0.1) is 0 Å². The van der Waals surface area contributed by atoms with Crippen LogP contribution in [0.5, 0.6) is 5.75 Å². The Labute approximate surface area is 118 Å². The van der Waals surface area contributed by atoms with Crippen molar-refractivity contribution in [2.75, 3.05) is 5.73 Å². The average molecular weight is 272 g/mol. The van der Waals surface area contributed by atoms with Crippen LogP contribution in [0.15, 0.2) is 18.2 Å². The molecule has 106 valence electrons. The summed E-state index contributed by atoms with van der Waals surface area (Å²) < 4.78 is 1.75. The van der Waals surface area contributed by atoms with Gasteiger partial charge in [0.15, 0.2) is 11.6 Å². The topological polar surface area (TPSA) is 77.0 Å².